The van der Waals surface area contributed by atoms with Crippen molar-refractivity contribution in [3.8, 4) is 0 Å². The maximum Gasteiger partial charge on any atom is 0.0795 e. The second-order valence-corrected chi connectivity index (χ2v) is 4.95. The summed E-state index contributed by atoms with van der Waals surface area (Å²) in [4.78, 5) is 0. The molecule has 0 saturated carbocycles. The van der Waals surface area contributed by atoms with Crippen LogP contribution in [-0.4, -0.2) is 5.11 Å². The van der Waals surface area contributed by atoms with E-state index in [1.165, 1.54) is 18.4 Å². The highest BCUT2D eigenvalue weighted by atomic mass is 16.3. The molecule has 0 aromatic heterocycles. The van der Waals surface area contributed by atoms with Crippen LogP contribution in [-0.2, 0) is 6.42 Å². The fraction of sp³-hybridized carbons (Fsp3) is 0.600. The van der Waals surface area contributed by atoms with Crippen LogP contribution in [0, 0.1) is 5.92 Å². The van der Waals surface area contributed by atoms with Crippen LogP contribution in [0.5, 0.6) is 0 Å². The fourth-order valence-electron chi connectivity index (χ4n) is 2.03. The molecule has 1 N–H and O–H groups in total. The van der Waals surface area contributed by atoms with Crippen molar-refractivity contribution < 1.29 is 5.11 Å². The van der Waals surface area contributed by atoms with Crippen LogP contribution >= 0.6 is 0 Å². The molecule has 0 aliphatic carbocycles. The number of aliphatic hydroxyl groups excluding tert-OH is 1. The number of hydrogen-bond acceptors (Lipinski definition) is 1. The summed E-state index contributed by atoms with van der Waals surface area (Å²) in [6.45, 7) is 6.50. The Morgan fingerprint density at radius 3 is 2.50 bits per heavy atom. The SMILES string of the molecule is CCCCc1ccccc1C(O)CC(C)C. The van der Waals surface area contributed by atoms with Crippen LogP contribution in [0.25, 0.3) is 0 Å². The molecule has 16 heavy (non-hydrogen) atoms. The van der Waals surface area contributed by atoms with E-state index in [0.717, 1.165) is 18.4 Å². The molecule has 0 aliphatic rings. The summed E-state index contributed by atoms with van der Waals surface area (Å²) >= 11 is 0. The Labute approximate surface area is 99.5 Å². The Bertz CT molecular complexity index is 304. The molecule has 90 valence electrons. The van der Waals surface area contributed by atoms with E-state index in [2.05, 4.69) is 39.0 Å². The van der Waals surface area contributed by atoms with Gasteiger partial charge in [0.2, 0.25) is 0 Å². The molecule has 1 unspecified atom stereocenters. The van der Waals surface area contributed by atoms with Gasteiger partial charge in [0.25, 0.3) is 0 Å². The summed E-state index contributed by atoms with van der Waals surface area (Å²) in [5.41, 5.74) is 2.45. The van der Waals surface area contributed by atoms with E-state index in [1.54, 1.807) is 0 Å². The highest BCUT2D eigenvalue weighted by molar-refractivity contribution is 5.29. The molecular formula is C15H24O. The molecule has 1 aromatic carbocycles. The first-order valence-electron chi connectivity index (χ1n) is 6.41. The number of unbranched alkanes of at least 4 members (excludes halogenated alkanes) is 1. The predicted octanol–water partition coefficient (Wildman–Crippen LogP) is 4.11. The molecule has 0 spiro atoms. The van der Waals surface area contributed by atoms with Gasteiger partial charge in [0.1, 0.15) is 0 Å². The summed E-state index contributed by atoms with van der Waals surface area (Å²) in [5.74, 6) is 0.536. The van der Waals surface area contributed by atoms with Gasteiger partial charge in [0, 0.05) is 0 Å². The van der Waals surface area contributed by atoms with Crippen LogP contribution in [0.1, 0.15) is 57.3 Å². The predicted molar refractivity (Wildman–Crippen MR) is 69.5 cm³/mol. The first kappa shape index (κ1) is 13.2. The van der Waals surface area contributed by atoms with Crippen molar-refractivity contribution in [2.45, 2.75) is 52.6 Å². The van der Waals surface area contributed by atoms with Gasteiger partial charge in [-0.25, -0.2) is 0 Å². The Hall–Kier alpha value is -0.820. The quantitative estimate of drug-likeness (QED) is 0.765. The Kier molecular flexibility index (Phi) is 5.54. The molecule has 0 radical (unpaired) electrons. The lowest BCUT2D eigenvalue weighted by atomic mass is 9.93. The molecule has 1 nitrogen and oxygen atoms in total. The van der Waals surface area contributed by atoms with Crippen molar-refractivity contribution in [2.24, 2.45) is 5.92 Å². The largest absolute Gasteiger partial charge is 0.388 e. The van der Waals surface area contributed by atoms with E-state index in [-0.39, 0.29) is 6.10 Å². The zero-order chi connectivity index (χ0) is 12.0. The van der Waals surface area contributed by atoms with Crippen molar-refractivity contribution in [2.75, 3.05) is 0 Å². The minimum atomic E-state index is -0.298. The van der Waals surface area contributed by atoms with Gasteiger partial charge in [-0.3, -0.25) is 0 Å². The van der Waals surface area contributed by atoms with Gasteiger partial charge in [-0.05, 0) is 36.3 Å². The lowest BCUT2D eigenvalue weighted by Gasteiger charge is -2.17. The number of aryl methyl sites for hydroxylation is 1. The minimum Gasteiger partial charge on any atom is -0.388 e. The molecule has 0 saturated heterocycles. The Morgan fingerprint density at radius 2 is 1.88 bits per heavy atom. The second-order valence-electron chi connectivity index (χ2n) is 4.95. The molecule has 0 heterocycles. The van der Waals surface area contributed by atoms with Crippen molar-refractivity contribution in [3.05, 3.63) is 35.4 Å². The molecule has 0 aliphatic heterocycles. The van der Waals surface area contributed by atoms with Crippen LogP contribution in [0.4, 0.5) is 0 Å². The maximum absolute atomic E-state index is 10.2. The lowest BCUT2D eigenvalue weighted by molar-refractivity contribution is 0.150. The third-order valence-corrected chi connectivity index (χ3v) is 2.91. The van der Waals surface area contributed by atoms with Gasteiger partial charge in [-0.15, -0.1) is 0 Å². The highest BCUT2D eigenvalue weighted by Crippen LogP contribution is 2.25. The summed E-state index contributed by atoms with van der Waals surface area (Å²) in [6.07, 6.45) is 4.04. The number of rotatable bonds is 6. The molecule has 1 aromatic rings. The second kappa shape index (κ2) is 6.70. The van der Waals surface area contributed by atoms with Crippen LogP contribution < -0.4 is 0 Å². The Morgan fingerprint density at radius 1 is 1.19 bits per heavy atom. The summed E-state index contributed by atoms with van der Waals surface area (Å²) in [6, 6.07) is 8.30. The fourth-order valence-corrected chi connectivity index (χ4v) is 2.03. The normalized spacial score (nSPS) is 13.1. The van der Waals surface area contributed by atoms with E-state index in [4.69, 9.17) is 0 Å². The van der Waals surface area contributed by atoms with Crippen molar-refractivity contribution in [3.63, 3.8) is 0 Å². The standard InChI is InChI=1S/C15H24O/c1-4-5-8-13-9-6-7-10-14(13)15(16)11-12(2)3/h6-7,9-10,12,15-16H,4-5,8,11H2,1-3H3. The summed E-state index contributed by atoms with van der Waals surface area (Å²) in [7, 11) is 0. The molecular weight excluding hydrogens is 196 g/mol. The zero-order valence-corrected chi connectivity index (χ0v) is 10.7. The van der Waals surface area contributed by atoms with E-state index < -0.39 is 0 Å². The number of aliphatic hydroxyl groups is 1. The van der Waals surface area contributed by atoms with Gasteiger partial charge in [-0.1, -0.05) is 51.5 Å². The highest BCUT2D eigenvalue weighted by Gasteiger charge is 2.12. The third kappa shape index (κ3) is 3.97. The van der Waals surface area contributed by atoms with Gasteiger partial charge in [0.15, 0.2) is 0 Å². The number of benzene rings is 1. The first-order valence-corrected chi connectivity index (χ1v) is 6.41. The third-order valence-electron chi connectivity index (χ3n) is 2.91. The number of hydrogen-bond donors (Lipinski definition) is 1. The molecule has 0 bridgehead atoms. The van der Waals surface area contributed by atoms with E-state index in [9.17, 15) is 5.11 Å². The maximum atomic E-state index is 10.2. The van der Waals surface area contributed by atoms with E-state index >= 15 is 0 Å². The van der Waals surface area contributed by atoms with Gasteiger partial charge < -0.3 is 5.11 Å². The summed E-state index contributed by atoms with van der Waals surface area (Å²) < 4.78 is 0. The average molecular weight is 220 g/mol. The van der Waals surface area contributed by atoms with Crippen molar-refractivity contribution in [1.29, 1.82) is 0 Å². The van der Waals surface area contributed by atoms with Gasteiger partial charge in [0.05, 0.1) is 6.10 Å². The Balaban J connectivity index is 2.76. The van der Waals surface area contributed by atoms with Crippen molar-refractivity contribution in [1.82, 2.24) is 0 Å². The zero-order valence-electron chi connectivity index (χ0n) is 10.7. The van der Waals surface area contributed by atoms with E-state index in [1.807, 2.05) is 6.07 Å². The molecule has 1 heteroatoms. The minimum absolute atomic E-state index is 0.298. The van der Waals surface area contributed by atoms with Crippen LogP contribution in [0.3, 0.4) is 0 Å². The van der Waals surface area contributed by atoms with Gasteiger partial charge in [-0.2, -0.15) is 0 Å². The topological polar surface area (TPSA) is 20.2 Å². The van der Waals surface area contributed by atoms with Crippen LogP contribution in [0.2, 0.25) is 0 Å². The summed E-state index contributed by atoms with van der Waals surface area (Å²) in [5, 5.41) is 10.2. The molecule has 0 amide bonds. The average Bonchev–Trinajstić information content (AvgIpc) is 2.25. The van der Waals surface area contributed by atoms with Gasteiger partial charge >= 0.3 is 0 Å². The molecule has 0 fully saturated rings. The lowest BCUT2D eigenvalue weighted by Crippen LogP contribution is -2.05. The van der Waals surface area contributed by atoms with Crippen LogP contribution in [0.15, 0.2) is 24.3 Å². The monoisotopic (exact) mass is 220 g/mol. The first-order chi connectivity index (χ1) is 7.65. The van der Waals surface area contributed by atoms with E-state index in [0.29, 0.717) is 5.92 Å². The molecule has 1 rings (SSSR count). The van der Waals surface area contributed by atoms with Crippen molar-refractivity contribution >= 4 is 0 Å². The smallest absolute Gasteiger partial charge is 0.0795 e. The molecule has 1 atom stereocenters.